The van der Waals surface area contributed by atoms with E-state index in [-0.39, 0.29) is 15.8 Å². The average molecular weight is 453 g/mol. The molecule has 1 aliphatic rings. The number of hydrogen-bond donors (Lipinski definition) is 1. The molecule has 1 amide bonds. The van der Waals surface area contributed by atoms with Gasteiger partial charge in [-0.1, -0.05) is 17.7 Å². The van der Waals surface area contributed by atoms with Gasteiger partial charge in [0.15, 0.2) is 16.7 Å². The molecule has 1 aliphatic heterocycles. The summed E-state index contributed by atoms with van der Waals surface area (Å²) in [5.41, 5.74) is 2.01. The van der Waals surface area contributed by atoms with Crippen LogP contribution in [0.5, 0.6) is 11.5 Å². The van der Waals surface area contributed by atoms with Crippen LogP contribution in [-0.2, 0) is 14.3 Å². The Bertz CT molecular complexity index is 1160. The van der Waals surface area contributed by atoms with Crippen molar-refractivity contribution in [2.24, 2.45) is 10.2 Å². The summed E-state index contributed by atoms with van der Waals surface area (Å²) >= 11 is 0.967. The molecule has 9 nitrogen and oxygen atoms in total. The van der Waals surface area contributed by atoms with Crippen molar-refractivity contribution in [2.75, 3.05) is 14.2 Å². The summed E-state index contributed by atoms with van der Waals surface area (Å²) < 4.78 is 15.3. The molecule has 0 atom stereocenters. The number of carbonyl (C=O) groups excluding carboxylic acids is 3. The summed E-state index contributed by atoms with van der Waals surface area (Å²) in [5.74, 6) is -0.990. The maximum Gasteiger partial charge on any atom is 0.343 e. The van der Waals surface area contributed by atoms with E-state index in [9.17, 15) is 14.4 Å². The van der Waals surface area contributed by atoms with Crippen LogP contribution in [0, 0.1) is 6.92 Å². The number of benzene rings is 2. The predicted octanol–water partition coefficient (Wildman–Crippen LogP) is 2.83. The maximum atomic E-state index is 12.4. The van der Waals surface area contributed by atoms with Crippen LogP contribution in [0.4, 0.5) is 0 Å². The number of carbonyl (C=O) groups is 3. The predicted molar refractivity (Wildman–Crippen MR) is 120 cm³/mol. The fraction of sp³-hybridized carbons (Fsp3) is 0.136. The molecule has 0 aliphatic carbocycles. The summed E-state index contributed by atoms with van der Waals surface area (Å²) in [4.78, 5) is 35.6. The molecule has 0 radical (unpaired) electrons. The number of nitrogens with one attached hydrogen (secondary N) is 1. The van der Waals surface area contributed by atoms with Gasteiger partial charge in [0.25, 0.3) is 5.91 Å². The molecule has 2 aromatic carbocycles. The van der Waals surface area contributed by atoms with Gasteiger partial charge in [0.1, 0.15) is 0 Å². The molecule has 2 aromatic rings. The third kappa shape index (κ3) is 5.82. The summed E-state index contributed by atoms with van der Waals surface area (Å²) in [7, 11) is 2.68. The number of rotatable bonds is 6. The van der Waals surface area contributed by atoms with Gasteiger partial charge in [0.2, 0.25) is 0 Å². The lowest BCUT2D eigenvalue weighted by Crippen LogP contribution is -2.19. The summed E-state index contributed by atoms with van der Waals surface area (Å²) in [6.07, 6.45) is 2.52. The molecule has 0 unspecified atom stereocenters. The molecule has 0 spiro atoms. The van der Waals surface area contributed by atoms with Crippen molar-refractivity contribution in [3.8, 4) is 11.5 Å². The molecule has 1 N–H and O–H groups in total. The first-order valence-electron chi connectivity index (χ1n) is 9.26. The van der Waals surface area contributed by atoms with E-state index in [1.54, 1.807) is 36.4 Å². The Morgan fingerprint density at radius 2 is 1.91 bits per heavy atom. The fourth-order valence-corrected chi connectivity index (χ4v) is 3.31. The zero-order valence-electron chi connectivity index (χ0n) is 17.4. The number of hydrogen-bond acceptors (Lipinski definition) is 9. The van der Waals surface area contributed by atoms with Crippen molar-refractivity contribution < 1.29 is 28.6 Å². The highest BCUT2D eigenvalue weighted by Gasteiger charge is 2.25. The van der Waals surface area contributed by atoms with Crippen molar-refractivity contribution in [3.63, 3.8) is 0 Å². The molecule has 0 aromatic heterocycles. The average Bonchev–Trinajstić information content (AvgIpc) is 3.13. The zero-order chi connectivity index (χ0) is 23.1. The lowest BCUT2D eigenvalue weighted by molar-refractivity contribution is -0.135. The number of amidine groups is 1. The Labute approximate surface area is 188 Å². The second-order valence-electron chi connectivity index (χ2n) is 6.41. The van der Waals surface area contributed by atoms with Crippen molar-refractivity contribution in [1.82, 2.24) is 5.32 Å². The Morgan fingerprint density at radius 1 is 1.09 bits per heavy atom. The quantitative estimate of drug-likeness (QED) is 0.235. The van der Waals surface area contributed by atoms with E-state index in [0.717, 1.165) is 23.4 Å². The van der Waals surface area contributed by atoms with Gasteiger partial charge >= 0.3 is 11.9 Å². The number of amides is 1. The molecule has 10 heteroatoms. The van der Waals surface area contributed by atoms with Crippen LogP contribution < -0.4 is 14.8 Å². The molecular formula is C22H19N3O6S. The van der Waals surface area contributed by atoms with Crippen LogP contribution in [0.15, 0.2) is 63.6 Å². The number of ether oxygens (including phenoxy) is 3. The highest BCUT2D eigenvalue weighted by Crippen LogP contribution is 2.28. The topological polar surface area (TPSA) is 116 Å². The minimum Gasteiger partial charge on any atom is -0.493 e. The van der Waals surface area contributed by atoms with Gasteiger partial charge < -0.3 is 14.2 Å². The Balaban J connectivity index is 1.69. The Kier molecular flexibility index (Phi) is 7.40. The summed E-state index contributed by atoms with van der Waals surface area (Å²) in [5, 5.41) is 10.6. The molecule has 164 valence electrons. The highest BCUT2D eigenvalue weighted by molar-refractivity contribution is 8.18. The Hall–Kier alpha value is -3.92. The van der Waals surface area contributed by atoms with Crippen LogP contribution >= 0.6 is 11.8 Å². The third-order valence-corrected chi connectivity index (χ3v) is 5.00. The van der Waals surface area contributed by atoms with E-state index in [1.807, 2.05) is 13.0 Å². The van der Waals surface area contributed by atoms with E-state index in [2.05, 4.69) is 20.3 Å². The number of esters is 2. The number of thioether (sulfide) groups is 1. The SMILES string of the molecule is COC(=O)/C=C1/S/C(=N\N=Cc2ccc(OC(=O)c3cccc(C)c3)c(OC)c2)NC1=O. The van der Waals surface area contributed by atoms with Gasteiger partial charge in [-0.3, -0.25) is 10.1 Å². The Morgan fingerprint density at radius 3 is 2.62 bits per heavy atom. The van der Waals surface area contributed by atoms with Gasteiger partial charge in [-0.15, -0.1) is 5.10 Å². The van der Waals surface area contributed by atoms with E-state index >= 15 is 0 Å². The molecule has 1 fully saturated rings. The van der Waals surface area contributed by atoms with Crippen LogP contribution in [0.3, 0.4) is 0 Å². The van der Waals surface area contributed by atoms with Crippen LogP contribution in [0.1, 0.15) is 21.5 Å². The lowest BCUT2D eigenvalue weighted by atomic mass is 10.1. The van der Waals surface area contributed by atoms with Crippen molar-refractivity contribution >= 4 is 41.0 Å². The van der Waals surface area contributed by atoms with Crippen LogP contribution in [0.2, 0.25) is 0 Å². The first-order valence-corrected chi connectivity index (χ1v) is 10.1. The normalized spacial score (nSPS) is 15.8. The summed E-state index contributed by atoms with van der Waals surface area (Å²) in [6.45, 7) is 1.89. The van der Waals surface area contributed by atoms with Gasteiger partial charge in [-0.2, -0.15) is 5.10 Å². The maximum absolute atomic E-state index is 12.4. The largest absolute Gasteiger partial charge is 0.493 e. The van der Waals surface area contributed by atoms with Gasteiger partial charge in [0, 0.05) is 6.08 Å². The van der Waals surface area contributed by atoms with Crippen molar-refractivity contribution in [3.05, 3.63) is 70.1 Å². The number of methoxy groups -OCH3 is 2. The molecule has 0 bridgehead atoms. The van der Waals surface area contributed by atoms with Crippen LogP contribution in [-0.4, -0.2) is 43.4 Å². The van der Waals surface area contributed by atoms with Gasteiger partial charge in [-0.05, 0) is 54.6 Å². The zero-order valence-corrected chi connectivity index (χ0v) is 18.3. The second-order valence-corrected chi connectivity index (χ2v) is 7.44. The van der Waals surface area contributed by atoms with Crippen LogP contribution in [0.25, 0.3) is 0 Å². The molecule has 1 heterocycles. The minimum atomic E-state index is -0.636. The molecule has 1 saturated heterocycles. The summed E-state index contributed by atoms with van der Waals surface area (Å²) in [6, 6.07) is 12.0. The smallest absolute Gasteiger partial charge is 0.343 e. The van der Waals surface area contributed by atoms with E-state index in [1.165, 1.54) is 20.4 Å². The first kappa shape index (κ1) is 22.8. The van der Waals surface area contributed by atoms with Crippen molar-refractivity contribution in [1.29, 1.82) is 0 Å². The minimum absolute atomic E-state index is 0.159. The highest BCUT2D eigenvalue weighted by atomic mass is 32.2. The molecule has 32 heavy (non-hydrogen) atoms. The molecular weight excluding hydrogens is 434 g/mol. The van der Waals surface area contributed by atoms with E-state index in [0.29, 0.717) is 16.9 Å². The van der Waals surface area contributed by atoms with E-state index < -0.39 is 17.8 Å². The lowest BCUT2D eigenvalue weighted by Gasteiger charge is -2.10. The standard InChI is InChI=1S/C22H19N3O6S/c1-13-5-4-6-15(9-13)21(28)31-16-8-7-14(10-17(16)29-2)12-23-25-22-24-20(27)18(32-22)11-19(26)30-3/h4-12H,1-3H3,(H,24,25,27)/b18-11+,23-12?. The number of nitrogens with zero attached hydrogens (tertiary/aromatic N) is 2. The monoisotopic (exact) mass is 453 g/mol. The molecule has 0 saturated carbocycles. The van der Waals surface area contributed by atoms with Crippen molar-refractivity contribution in [2.45, 2.75) is 6.92 Å². The fourth-order valence-electron chi connectivity index (χ4n) is 2.57. The third-order valence-electron chi connectivity index (χ3n) is 4.10. The first-order chi connectivity index (χ1) is 15.4. The van der Waals surface area contributed by atoms with E-state index in [4.69, 9.17) is 9.47 Å². The van der Waals surface area contributed by atoms with Gasteiger partial charge in [0.05, 0.1) is 30.9 Å². The number of aryl methyl sites for hydroxylation is 1. The van der Waals surface area contributed by atoms with Gasteiger partial charge in [-0.25, -0.2) is 9.59 Å². The molecule has 3 rings (SSSR count). The second kappa shape index (κ2) is 10.4.